The first kappa shape index (κ1) is 15.0. The number of benzene rings is 1. The lowest BCUT2D eigenvalue weighted by molar-refractivity contribution is -0.386. The fraction of sp³-hybridized carbons (Fsp3) is 0.0909. The van der Waals surface area contributed by atoms with Crippen molar-refractivity contribution < 1.29 is 22.8 Å². The Balaban J connectivity index is 2.31. The van der Waals surface area contributed by atoms with Gasteiger partial charge in [0.05, 0.1) is 10.5 Å². The molecule has 21 heavy (non-hydrogen) atoms. The standard InChI is InChI=1S/C11H5ClF3N3O3/c12-9-8(18(19)20)10(17-5-16-9)21-7-3-1-6(2-4-7)11(13,14)15/h1-5H. The SMILES string of the molecule is O=[N+]([O-])c1c(Cl)ncnc1Oc1ccc(C(F)(F)F)cc1. The van der Waals surface area contributed by atoms with Gasteiger partial charge in [0.15, 0.2) is 0 Å². The van der Waals surface area contributed by atoms with Gasteiger partial charge in [-0.1, -0.05) is 11.6 Å². The highest BCUT2D eigenvalue weighted by Gasteiger charge is 2.30. The van der Waals surface area contributed by atoms with Crippen LogP contribution in [-0.2, 0) is 6.18 Å². The summed E-state index contributed by atoms with van der Waals surface area (Å²) in [5.74, 6) is -0.513. The molecule has 0 atom stereocenters. The number of nitro groups is 1. The summed E-state index contributed by atoms with van der Waals surface area (Å²) in [7, 11) is 0. The van der Waals surface area contributed by atoms with E-state index in [-0.39, 0.29) is 5.75 Å². The summed E-state index contributed by atoms with van der Waals surface area (Å²) >= 11 is 5.55. The minimum absolute atomic E-state index is 0.0548. The van der Waals surface area contributed by atoms with Gasteiger partial charge in [0.1, 0.15) is 12.1 Å². The number of aromatic nitrogens is 2. The third kappa shape index (κ3) is 3.37. The lowest BCUT2D eigenvalue weighted by atomic mass is 10.2. The normalized spacial score (nSPS) is 11.2. The molecule has 0 bridgehead atoms. The third-order valence-corrected chi connectivity index (χ3v) is 2.60. The van der Waals surface area contributed by atoms with Gasteiger partial charge in [-0.3, -0.25) is 10.1 Å². The van der Waals surface area contributed by atoms with Crippen LogP contribution in [0.1, 0.15) is 5.56 Å². The van der Waals surface area contributed by atoms with Crippen LogP contribution in [-0.4, -0.2) is 14.9 Å². The van der Waals surface area contributed by atoms with Crippen molar-refractivity contribution in [1.82, 2.24) is 9.97 Å². The molecule has 0 radical (unpaired) electrons. The molecule has 2 aromatic rings. The predicted molar refractivity (Wildman–Crippen MR) is 65.2 cm³/mol. The van der Waals surface area contributed by atoms with Gasteiger partial charge in [0.25, 0.3) is 0 Å². The maximum absolute atomic E-state index is 12.4. The zero-order chi connectivity index (χ0) is 15.6. The van der Waals surface area contributed by atoms with Gasteiger partial charge >= 0.3 is 17.7 Å². The average molecular weight is 320 g/mol. The second-order valence-corrected chi connectivity index (χ2v) is 4.06. The Morgan fingerprint density at radius 2 is 1.81 bits per heavy atom. The maximum Gasteiger partial charge on any atom is 0.416 e. The van der Waals surface area contributed by atoms with E-state index >= 15 is 0 Å². The van der Waals surface area contributed by atoms with Crippen LogP contribution in [0.4, 0.5) is 18.9 Å². The molecular formula is C11H5ClF3N3O3. The maximum atomic E-state index is 12.4. The molecule has 0 aliphatic carbocycles. The van der Waals surface area contributed by atoms with Crippen molar-refractivity contribution in [2.45, 2.75) is 6.18 Å². The zero-order valence-corrected chi connectivity index (χ0v) is 10.7. The van der Waals surface area contributed by atoms with Crippen molar-refractivity contribution in [1.29, 1.82) is 0 Å². The molecule has 2 rings (SSSR count). The van der Waals surface area contributed by atoms with Crippen LogP contribution in [0.2, 0.25) is 5.15 Å². The van der Waals surface area contributed by atoms with Crippen LogP contribution in [0.3, 0.4) is 0 Å². The summed E-state index contributed by atoms with van der Waals surface area (Å²) in [5.41, 5.74) is -1.54. The third-order valence-electron chi connectivity index (χ3n) is 2.32. The first-order valence-corrected chi connectivity index (χ1v) is 5.67. The Morgan fingerprint density at radius 3 is 2.33 bits per heavy atom. The largest absolute Gasteiger partial charge is 0.434 e. The van der Waals surface area contributed by atoms with Crippen LogP contribution in [0.15, 0.2) is 30.6 Å². The van der Waals surface area contributed by atoms with Crippen LogP contribution >= 0.6 is 11.6 Å². The summed E-state index contributed by atoms with van der Waals surface area (Å²) in [5, 5.41) is 10.4. The number of nitrogens with zero attached hydrogens (tertiary/aromatic N) is 3. The van der Waals surface area contributed by atoms with Crippen molar-refractivity contribution in [2.24, 2.45) is 0 Å². The highest BCUT2D eigenvalue weighted by Crippen LogP contribution is 2.35. The van der Waals surface area contributed by atoms with Gasteiger partial charge in [0, 0.05) is 0 Å². The molecule has 0 aliphatic heterocycles. The summed E-state index contributed by atoms with van der Waals surface area (Å²) in [6.07, 6.45) is -3.54. The van der Waals surface area contributed by atoms with E-state index in [1.165, 1.54) is 0 Å². The van der Waals surface area contributed by atoms with E-state index in [0.29, 0.717) is 0 Å². The highest BCUT2D eigenvalue weighted by molar-refractivity contribution is 6.31. The van der Waals surface area contributed by atoms with E-state index in [4.69, 9.17) is 16.3 Å². The summed E-state index contributed by atoms with van der Waals surface area (Å²) < 4.78 is 42.3. The molecule has 0 saturated heterocycles. The number of alkyl halides is 3. The quantitative estimate of drug-likeness (QED) is 0.488. The molecule has 0 spiro atoms. The van der Waals surface area contributed by atoms with Crippen molar-refractivity contribution in [3.05, 3.63) is 51.4 Å². The number of rotatable bonds is 3. The van der Waals surface area contributed by atoms with Gasteiger partial charge in [-0.05, 0) is 24.3 Å². The molecule has 0 amide bonds. The lowest BCUT2D eigenvalue weighted by Gasteiger charge is -2.08. The molecule has 1 aromatic carbocycles. The zero-order valence-electron chi connectivity index (χ0n) is 9.96. The molecule has 110 valence electrons. The van der Waals surface area contributed by atoms with Crippen molar-refractivity contribution >= 4 is 17.3 Å². The Kier molecular flexibility index (Phi) is 3.94. The Labute approximate surface area is 120 Å². The molecule has 0 aliphatic rings. The van der Waals surface area contributed by atoms with Crippen LogP contribution in [0.5, 0.6) is 11.6 Å². The molecule has 10 heteroatoms. The molecule has 0 fully saturated rings. The topological polar surface area (TPSA) is 78.2 Å². The van der Waals surface area contributed by atoms with Crippen molar-refractivity contribution in [3.63, 3.8) is 0 Å². The van der Waals surface area contributed by atoms with E-state index in [1.807, 2.05) is 0 Å². The molecular weight excluding hydrogens is 315 g/mol. The van der Waals surface area contributed by atoms with Crippen molar-refractivity contribution in [3.8, 4) is 11.6 Å². The van der Waals surface area contributed by atoms with Crippen molar-refractivity contribution in [2.75, 3.05) is 0 Å². The summed E-state index contributed by atoms with van der Waals surface area (Å²) in [4.78, 5) is 17.0. The first-order chi connectivity index (χ1) is 9.79. The summed E-state index contributed by atoms with van der Waals surface area (Å²) in [6.45, 7) is 0. The van der Waals surface area contributed by atoms with Gasteiger partial charge in [-0.25, -0.2) is 4.98 Å². The van der Waals surface area contributed by atoms with Gasteiger partial charge in [-0.2, -0.15) is 18.2 Å². The molecule has 1 aromatic heterocycles. The predicted octanol–water partition coefficient (Wildman–Crippen LogP) is 3.85. The number of hydrogen-bond acceptors (Lipinski definition) is 5. The van der Waals surface area contributed by atoms with Crippen LogP contribution in [0, 0.1) is 10.1 Å². The first-order valence-electron chi connectivity index (χ1n) is 5.29. The fourth-order valence-corrected chi connectivity index (χ4v) is 1.59. The van der Waals surface area contributed by atoms with Gasteiger partial charge in [-0.15, -0.1) is 0 Å². The molecule has 0 N–H and O–H groups in total. The average Bonchev–Trinajstić information content (AvgIpc) is 2.38. The second kappa shape index (κ2) is 5.52. The Bertz CT molecular complexity index is 677. The monoisotopic (exact) mass is 319 g/mol. The molecule has 1 heterocycles. The van der Waals surface area contributed by atoms with E-state index in [0.717, 1.165) is 30.6 Å². The van der Waals surface area contributed by atoms with Crippen LogP contribution in [0.25, 0.3) is 0 Å². The second-order valence-electron chi connectivity index (χ2n) is 3.70. The minimum atomic E-state index is -4.48. The lowest BCUT2D eigenvalue weighted by Crippen LogP contribution is -2.04. The number of ether oxygens (including phenoxy) is 1. The van der Waals surface area contributed by atoms with Gasteiger partial charge < -0.3 is 4.74 Å². The number of hydrogen-bond donors (Lipinski definition) is 0. The fourth-order valence-electron chi connectivity index (χ4n) is 1.39. The number of halogens is 4. The van der Waals surface area contributed by atoms with E-state index in [1.54, 1.807) is 0 Å². The Hall–Kier alpha value is -2.42. The Morgan fingerprint density at radius 1 is 1.19 bits per heavy atom. The summed E-state index contributed by atoms with van der Waals surface area (Å²) in [6, 6.07) is 3.60. The molecule has 0 saturated carbocycles. The smallest absolute Gasteiger partial charge is 0.416 e. The van der Waals surface area contributed by atoms with E-state index in [2.05, 4.69) is 9.97 Å². The highest BCUT2D eigenvalue weighted by atomic mass is 35.5. The van der Waals surface area contributed by atoms with E-state index in [9.17, 15) is 23.3 Å². The van der Waals surface area contributed by atoms with Crippen LogP contribution < -0.4 is 4.74 Å². The van der Waals surface area contributed by atoms with Gasteiger partial charge in [0.2, 0.25) is 5.15 Å². The molecule has 0 unspecified atom stereocenters. The molecule has 6 nitrogen and oxygen atoms in total. The minimum Gasteiger partial charge on any atom is -0.434 e. The van der Waals surface area contributed by atoms with E-state index < -0.39 is 33.4 Å².